The highest BCUT2D eigenvalue weighted by Gasteiger charge is 2.22. The minimum Gasteiger partial charge on any atom is -0.395 e. The Morgan fingerprint density at radius 3 is 2.80 bits per heavy atom. The van der Waals surface area contributed by atoms with E-state index in [0.717, 1.165) is 13.1 Å². The van der Waals surface area contributed by atoms with Crippen molar-refractivity contribution in [2.45, 2.75) is 24.9 Å². The van der Waals surface area contributed by atoms with Gasteiger partial charge >= 0.3 is 0 Å². The molecule has 4 nitrogen and oxygen atoms in total. The summed E-state index contributed by atoms with van der Waals surface area (Å²) in [5.41, 5.74) is 0. The SMILES string of the molecule is CNC(CO)CN1CCCC(N(C)C)C1. The predicted octanol–water partition coefficient (Wildman–Crippen LogP) is -0.407. The van der Waals surface area contributed by atoms with E-state index in [4.69, 9.17) is 5.11 Å². The highest BCUT2D eigenvalue weighted by Crippen LogP contribution is 2.13. The van der Waals surface area contributed by atoms with Crippen molar-refractivity contribution in [3.8, 4) is 0 Å². The van der Waals surface area contributed by atoms with Crippen molar-refractivity contribution in [2.75, 3.05) is 47.4 Å². The first-order valence-electron chi connectivity index (χ1n) is 5.84. The fourth-order valence-corrected chi connectivity index (χ4v) is 2.17. The first-order valence-corrected chi connectivity index (χ1v) is 5.84. The van der Waals surface area contributed by atoms with Gasteiger partial charge in [0.15, 0.2) is 0 Å². The molecular formula is C11H25N3O. The van der Waals surface area contributed by atoms with E-state index in [9.17, 15) is 0 Å². The predicted molar refractivity (Wildman–Crippen MR) is 63.1 cm³/mol. The van der Waals surface area contributed by atoms with Crippen LogP contribution in [0, 0.1) is 0 Å². The average Bonchev–Trinajstić information content (AvgIpc) is 2.26. The van der Waals surface area contributed by atoms with Crippen LogP contribution in [-0.2, 0) is 0 Å². The summed E-state index contributed by atoms with van der Waals surface area (Å²) in [6, 6.07) is 0.890. The summed E-state index contributed by atoms with van der Waals surface area (Å²) in [5, 5.41) is 12.3. The Hall–Kier alpha value is -0.160. The molecule has 2 unspecified atom stereocenters. The van der Waals surface area contributed by atoms with E-state index in [1.54, 1.807) is 0 Å². The number of aliphatic hydroxyl groups excluding tert-OH is 1. The summed E-state index contributed by atoms with van der Waals surface area (Å²) in [5.74, 6) is 0. The molecule has 0 amide bonds. The lowest BCUT2D eigenvalue weighted by Crippen LogP contribution is -2.50. The molecule has 1 aliphatic rings. The third-order valence-corrected chi connectivity index (χ3v) is 3.32. The van der Waals surface area contributed by atoms with Gasteiger partial charge in [0.25, 0.3) is 0 Å². The Bertz CT molecular complexity index is 169. The second-order valence-electron chi connectivity index (χ2n) is 4.69. The van der Waals surface area contributed by atoms with Gasteiger partial charge < -0.3 is 20.2 Å². The Kier molecular flexibility index (Phi) is 5.53. The second-order valence-corrected chi connectivity index (χ2v) is 4.69. The lowest BCUT2D eigenvalue weighted by atomic mass is 10.0. The van der Waals surface area contributed by atoms with E-state index in [0.29, 0.717) is 6.04 Å². The van der Waals surface area contributed by atoms with Gasteiger partial charge in [-0.25, -0.2) is 0 Å². The molecule has 0 aromatic carbocycles. The number of aliphatic hydroxyl groups is 1. The minimum atomic E-state index is 0.214. The lowest BCUT2D eigenvalue weighted by molar-refractivity contribution is 0.112. The monoisotopic (exact) mass is 215 g/mol. The maximum absolute atomic E-state index is 9.13. The quantitative estimate of drug-likeness (QED) is 0.654. The molecule has 2 N–H and O–H groups in total. The molecular weight excluding hydrogens is 190 g/mol. The van der Waals surface area contributed by atoms with Crippen LogP contribution < -0.4 is 5.32 Å². The van der Waals surface area contributed by atoms with Crippen LogP contribution in [0.2, 0.25) is 0 Å². The maximum atomic E-state index is 9.13. The summed E-state index contributed by atoms with van der Waals surface area (Å²) in [4.78, 5) is 4.76. The number of nitrogens with one attached hydrogen (secondary N) is 1. The number of piperidine rings is 1. The fourth-order valence-electron chi connectivity index (χ4n) is 2.17. The number of hydrogen-bond acceptors (Lipinski definition) is 4. The van der Waals surface area contributed by atoms with Crippen molar-refractivity contribution in [1.29, 1.82) is 0 Å². The van der Waals surface area contributed by atoms with Crippen molar-refractivity contribution in [3.63, 3.8) is 0 Å². The summed E-state index contributed by atoms with van der Waals surface area (Å²) >= 11 is 0. The molecule has 1 heterocycles. The van der Waals surface area contributed by atoms with Crippen LogP contribution in [0.4, 0.5) is 0 Å². The molecule has 0 spiro atoms. The van der Waals surface area contributed by atoms with E-state index >= 15 is 0 Å². The second kappa shape index (κ2) is 6.43. The van der Waals surface area contributed by atoms with E-state index in [1.807, 2.05) is 7.05 Å². The van der Waals surface area contributed by atoms with Gasteiger partial charge in [0.05, 0.1) is 6.61 Å². The third kappa shape index (κ3) is 4.07. The molecule has 2 atom stereocenters. The van der Waals surface area contributed by atoms with Gasteiger partial charge in [0.2, 0.25) is 0 Å². The normalized spacial score (nSPS) is 25.8. The highest BCUT2D eigenvalue weighted by atomic mass is 16.3. The third-order valence-electron chi connectivity index (χ3n) is 3.32. The summed E-state index contributed by atoms with van der Waals surface area (Å²) in [7, 11) is 6.21. The zero-order chi connectivity index (χ0) is 11.3. The molecule has 0 aliphatic carbocycles. The molecule has 0 aromatic rings. The number of likely N-dealkylation sites (N-methyl/N-ethyl adjacent to an activating group) is 2. The molecule has 1 fully saturated rings. The smallest absolute Gasteiger partial charge is 0.0597 e. The zero-order valence-corrected chi connectivity index (χ0v) is 10.2. The van der Waals surface area contributed by atoms with Crippen LogP contribution in [0.3, 0.4) is 0 Å². The first kappa shape index (κ1) is 12.9. The zero-order valence-electron chi connectivity index (χ0n) is 10.2. The number of rotatable bonds is 5. The average molecular weight is 215 g/mol. The van der Waals surface area contributed by atoms with Crippen molar-refractivity contribution in [2.24, 2.45) is 0 Å². The summed E-state index contributed by atoms with van der Waals surface area (Å²) in [6.45, 7) is 3.48. The molecule has 1 saturated heterocycles. The molecule has 0 radical (unpaired) electrons. The molecule has 0 bridgehead atoms. The van der Waals surface area contributed by atoms with Crippen LogP contribution in [0.25, 0.3) is 0 Å². The standard InChI is InChI=1S/C11H25N3O/c1-12-10(9-15)7-14-6-4-5-11(8-14)13(2)3/h10-12,15H,4-9H2,1-3H3. The van der Waals surface area contributed by atoms with Gasteiger partial charge in [-0.1, -0.05) is 0 Å². The van der Waals surface area contributed by atoms with Gasteiger partial charge in [-0.3, -0.25) is 0 Å². The number of likely N-dealkylation sites (tertiary alicyclic amines) is 1. The largest absolute Gasteiger partial charge is 0.395 e. The van der Waals surface area contributed by atoms with Crippen LogP contribution in [0.15, 0.2) is 0 Å². The molecule has 1 aliphatic heterocycles. The van der Waals surface area contributed by atoms with Gasteiger partial charge in [-0.2, -0.15) is 0 Å². The van der Waals surface area contributed by atoms with E-state index in [2.05, 4.69) is 29.2 Å². The van der Waals surface area contributed by atoms with Gasteiger partial charge in [-0.15, -0.1) is 0 Å². The Morgan fingerprint density at radius 1 is 1.53 bits per heavy atom. The van der Waals surface area contributed by atoms with Crippen molar-refractivity contribution in [3.05, 3.63) is 0 Å². The van der Waals surface area contributed by atoms with Crippen molar-refractivity contribution >= 4 is 0 Å². The van der Waals surface area contributed by atoms with Crippen LogP contribution in [0.5, 0.6) is 0 Å². The minimum absolute atomic E-state index is 0.214. The van der Waals surface area contributed by atoms with Crippen LogP contribution in [-0.4, -0.2) is 74.4 Å². The van der Waals surface area contributed by atoms with Crippen LogP contribution in [0.1, 0.15) is 12.8 Å². The Labute approximate surface area is 93.2 Å². The molecule has 4 heteroatoms. The molecule has 1 rings (SSSR count). The first-order chi connectivity index (χ1) is 7.17. The van der Waals surface area contributed by atoms with Crippen molar-refractivity contribution in [1.82, 2.24) is 15.1 Å². The Balaban J connectivity index is 2.35. The summed E-state index contributed by atoms with van der Waals surface area (Å²) in [6.07, 6.45) is 2.57. The molecule has 90 valence electrons. The summed E-state index contributed by atoms with van der Waals surface area (Å²) < 4.78 is 0. The van der Waals surface area contributed by atoms with Crippen LogP contribution >= 0.6 is 0 Å². The van der Waals surface area contributed by atoms with Gasteiger partial charge in [0, 0.05) is 25.2 Å². The topological polar surface area (TPSA) is 38.7 Å². The van der Waals surface area contributed by atoms with E-state index in [-0.39, 0.29) is 12.6 Å². The van der Waals surface area contributed by atoms with Gasteiger partial charge in [0.1, 0.15) is 0 Å². The fraction of sp³-hybridized carbons (Fsp3) is 1.00. The number of nitrogens with zero attached hydrogens (tertiary/aromatic N) is 2. The van der Waals surface area contributed by atoms with Crippen molar-refractivity contribution < 1.29 is 5.11 Å². The maximum Gasteiger partial charge on any atom is 0.0597 e. The van der Waals surface area contributed by atoms with E-state index in [1.165, 1.54) is 19.4 Å². The lowest BCUT2D eigenvalue weighted by Gasteiger charge is -2.37. The number of hydrogen-bond donors (Lipinski definition) is 2. The van der Waals surface area contributed by atoms with E-state index < -0.39 is 0 Å². The van der Waals surface area contributed by atoms with Gasteiger partial charge in [-0.05, 0) is 40.5 Å². The Morgan fingerprint density at radius 2 is 2.27 bits per heavy atom. The highest BCUT2D eigenvalue weighted by molar-refractivity contribution is 4.80. The molecule has 0 saturated carbocycles. The molecule has 0 aromatic heterocycles. The molecule has 15 heavy (non-hydrogen) atoms.